The standard InChI is InChI=1S/C16H14N2O9S/c19-16(20)15(10-3-11-1-4-12(5-2-11)17(21)22)27-28(25,26)14-8-6-13(7-9-14)18(23)24/h1-2,4-9,15H,3,10H2,(H,19,20). The Morgan fingerprint density at radius 2 is 1.43 bits per heavy atom. The summed E-state index contributed by atoms with van der Waals surface area (Å²) < 4.78 is 29.2. The number of benzene rings is 2. The van der Waals surface area contributed by atoms with Gasteiger partial charge < -0.3 is 5.11 Å². The van der Waals surface area contributed by atoms with E-state index in [1.165, 1.54) is 24.3 Å². The second kappa shape index (κ2) is 8.54. The molecule has 0 saturated carbocycles. The van der Waals surface area contributed by atoms with E-state index in [1.807, 2.05) is 0 Å². The van der Waals surface area contributed by atoms with E-state index < -0.39 is 36.9 Å². The van der Waals surface area contributed by atoms with Gasteiger partial charge in [-0.1, -0.05) is 12.1 Å². The first-order valence-electron chi connectivity index (χ1n) is 7.74. The van der Waals surface area contributed by atoms with Gasteiger partial charge in [0.15, 0.2) is 6.10 Å². The summed E-state index contributed by atoms with van der Waals surface area (Å²) in [5.74, 6) is -1.51. The summed E-state index contributed by atoms with van der Waals surface area (Å²) in [5, 5.41) is 30.5. The minimum absolute atomic E-state index is 0.102. The van der Waals surface area contributed by atoms with Crippen molar-refractivity contribution < 1.29 is 32.3 Å². The largest absolute Gasteiger partial charge is 0.479 e. The fourth-order valence-electron chi connectivity index (χ4n) is 2.24. The lowest BCUT2D eigenvalue weighted by molar-refractivity contribution is -0.385. The van der Waals surface area contributed by atoms with E-state index in [9.17, 15) is 38.5 Å². The summed E-state index contributed by atoms with van der Waals surface area (Å²) >= 11 is 0. The summed E-state index contributed by atoms with van der Waals surface area (Å²) in [7, 11) is -4.46. The van der Waals surface area contributed by atoms with Crippen LogP contribution >= 0.6 is 0 Å². The Balaban J connectivity index is 2.09. The zero-order valence-corrected chi connectivity index (χ0v) is 14.9. The Morgan fingerprint density at radius 3 is 1.86 bits per heavy atom. The average molecular weight is 410 g/mol. The molecular formula is C16H14N2O9S. The summed E-state index contributed by atoms with van der Waals surface area (Å²) in [5.41, 5.74) is 0.107. The first-order valence-corrected chi connectivity index (χ1v) is 9.15. The molecule has 2 aromatic rings. The minimum atomic E-state index is -4.46. The number of hydrogen-bond acceptors (Lipinski definition) is 8. The van der Waals surface area contributed by atoms with Crippen LogP contribution in [0.1, 0.15) is 12.0 Å². The Bertz CT molecular complexity index is 986. The molecule has 28 heavy (non-hydrogen) atoms. The second-order valence-corrected chi connectivity index (χ2v) is 7.16. The molecule has 148 valence electrons. The third-order valence-electron chi connectivity index (χ3n) is 3.70. The number of nitrogens with zero attached hydrogens (tertiary/aromatic N) is 2. The highest BCUT2D eigenvalue weighted by Crippen LogP contribution is 2.21. The van der Waals surface area contributed by atoms with Crippen molar-refractivity contribution in [2.24, 2.45) is 0 Å². The third-order valence-corrected chi connectivity index (χ3v) is 5.03. The first kappa shape index (κ1) is 20.9. The number of non-ortho nitro benzene ring substituents is 2. The van der Waals surface area contributed by atoms with Gasteiger partial charge in [0.25, 0.3) is 21.5 Å². The molecule has 0 amide bonds. The van der Waals surface area contributed by atoms with Crippen molar-refractivity contribution in [3.05, 3.63) is 74.3 Å². The summed E-state index contributed by atoms with van der Waals surface area (Å²) in [6.07, 6.45) is -1.81. The van der Waals surface area contributed by atoms with Crippen molar-refractivity contribution in [2.75, 3.05) is 0 Å². The van der Waals surface area contributed by atoms with E-state index in [2.05, 4.69) is 0 Å². The van der Waals surface area contributed by atoms with E-state index in [-0.39, 0.29) is 24.2 Å². The van der Waals surface area contributed by atoms with Crippen molar-refractivity contribution in [1.82, 2.24) is 0 Å². The molecule has 2 rings (SSSR count). The van der Waals surface area contributed by atoms with Gasteiger partial charge in [-0.25, -0.2) is 4.79 Å². The fraction of sp³-hybridized carbons (Fsp3) is 0.188. The molecule has 11 nitrogen and oxygen atoms in total. The fourth-order valence-corrected chi connectivity index (χ4v) is 3.30. The topological polar surface area (TPSA) is 167 Å². The molecule has 12 heteroatoms. The van der Waals surface area contributed by atoms with Gasteiger partial charge in [-0.2, -0.15) is 8.42 Å². The van der Waals surface area contributed by atoms with Gasteiger partial charge in [-0.15, -0.1) is 0 Å². The van der Waals surface area contributed by atoms with Crippen molar-refractivity contribution >= 4 is 27.5 Å². The molecule has 0 radical (unpaired) electrons. The van der Waals surface area contributed by atoms with Crippen molar-refractivity contribution in [3.8, 4) is 0 Å². The lowest BCUT2D eigenvalue weighted by atomic mass is 10.1. The maximum Gasteiger partial charge on any atom is 0.334 e. The highest BCUT2D eigenvalue weighted by Gasteiger charge is 2.27. The number of carboxylic acids is 1. The normalized spacial score (nSPS) is 12.3. The van der Waals surface area contributed by atoms with Gasteiger partial charge in [0, 0.05) is 24.3 Å². The molecule has 0 aromatic heterocycles. The molecule has 2 aromatic carbocycles. The van der Waals surface area contributed by atoms with Crippen LogP contribution in [0.3, 0.4) is 0 Å². The SMILES string of the molecule is O=C(O)C(CCc1ccc([N+](=O)[O-])cc1)OS(=O)(=O)c1ccc([N+](=O)[O-])cc1. The molecule has 0 aliphatic rings. The van der Waals surface area contributed by atoms with Gasteiger partial charge in [-0.05, 0) is 30.5 Å². The van der Waals surface area contributed by atoms with E-state index in [4.69, 9.17) is 4.18 Å². The number of nitro groups is 2. The lowest BCUT2D eigenvalue weighted by Gasteiger charge is -2.13. The number of carbonyl (C=O) groups is 1. The van der Waals surface area contributed by atoms with Gasteiger partial charge in [0.2, 0.25) is 0 Å². The molecule has 0 aliphatic heterocycles. The monoisotopic (exact) mass is 410 g/mol. The van der Waals surface area contributed by atoms with Gasteiger partial charge in [0.05, 0.1) is 14.7 Å². The second-order valence-electron chi connectivity index (χ2n) is 5.59. The zero-order valence-electron chi connectivity index (χ0n) is 14.1. The van der Waals surface area contributed by atoms with E-state index in [0.29, 0.717) is 5.56 Å². The number of aryl methyl sites for hydroxylation is 1. The van der Waals surface area contributed by atoms with Crippen molar-refractivity contribution in [1.29, 1.82) is 0 Å². The van der Waals surface area contributed by atoms with E-state index in [0.717, 1.165) is 24.3 Å². The van der Waals surface area contributed by atoms with Crippen LogP contribution in [0.2, 0.25) is 0 Å². The maximum atomic E-state index is 12.2. The predicted octanol–water partition coefficient (Wildman–Crippen LogP) is 2.29. The van der Waals surface area contributed by atoms with Gasteiger partial charge in [0.1, 0.15) is 0 Å². The molecule has 0 fully saturated rings. The summed E-state index contributed by atoms with van der Waals surface area (Å²) in [4.78, 5) is 30.9. The number of rotatable bonds is 9. The van der Waals surface area contributed by atoms with Crippen LogP contribution in [0.25, 0.3) is 0 Å². The molecule has 0 heterocycles. The maximum absolute atomic E-state index is 12.2. The first-order chi connectivity index (χ1) is 13.1. The van der Waals surface area contributed by atoms with Crippen molar-refractivity contribution in [3.63, 3.8) is 0 Å². The molecule has 0 saturated heterocycles. The zero-order chi connectivity index (χ0) is 20.9. The average Bonchev–Trinajstić information content (AvgIpc) is 2.65. The number of carboxylic acid groups (broad SMARTS) is 1. The van der Waals surface area contributed by atoms with Crippen LogP contribution in [0.4, 0.5) is 11.4 Å². The summed E-state index contributed by atoms with van der Waals surface area (Å²) in [6.45, 7) is 0. The Labute approximate surface area is 158 Å². The number of nitro benzene ring substituents is 2. The van der Waals surface area contributed by atoms with Crippen LogP contribution in [0.15, 0.2) is 53.4 Å². The van der Waals surface area contributed by atoms with Gasteiger partial charge >= 0.3 is 5.97 Å². The molecule has 0 spiro atoms. The Hall–Kier alpha value is -3.38. The molecule has 0 bridgehead atoms. The number of aliphatic carboxylic acids is 1. The van der Waals surface area contributed by atoms with Crippen LogP contribution < -0.4 is 0 Å². The highest BCUT2D eigenvalue weighted by molar-refractivity contribution is 7.86. The third kappa shape index (κ3) is 5.31. The van der Waals surface area contributed by atoms with E-state index in [1.54, 1.807) is 0 Å². The van der Waals surface area contributed by atoms with E-state index >= 15 is 0 Å². The van der Waals surface area contributed by atoms with Crippen LogP contribution in [0, 0.1) is 20.2 Å². The summed E-state index contributed by atoms with van der Waals surface area (Å²) in [6, 6.07) is 9.18. The van der Waals surface area contributed by atoms with Crippen LogP contribution in [0.5, 0.6) is 0 Å². The Kier molecular flexibility index (Phi) is 6.38. The Morgan fingerprint density at radius 1 is 0.964 bits per heavy atom. The predicted molar refractivity (Wildman–Crippen MR) is 94.2 cm³/mol. The highest BCUT2D eigenvalue weighted by atomic mass is 32.2. The minimum Gasteiger partial charge on any atom is -0.479 e. The molecular weight excluding hydrogens is 396 g/mol. The lowest BCUT2D eigenvalue weighted by Crippen LogP contribution is -2.27. The molecule has 1 atom stereocenters. The molecule has 0 aliphatic carbocycles. The quantitative estimate of drug-likeness (QED) is 0.370. The smallest absolute Gasteiger partial charge is 0.334 e. The van der Waals surface area contributed by atoms with Crippen molar-refractivity contribution in [2.45, 2.75) is 23.8 Å². The molecule has 1 N–H and O–H groups in total. The molecule has 1 unspecified atom stereocenters. The van der Waals surface area contributed by atoms with Crippen LogP contribution in [-0.4, -0.2) is 35.4 Å². The van der Waals surface area contributed by atoms with Gasteiger partial charge in [-0.3, -0.25) is 24.4 Å². The van der Waals surface area contributed by atoms with Crippen LogP contribution in [-0.2, 0) is 25.5 Å². The number of hydrogen-bond donors (Lipinski definition) is 1.